The normalized spacial score (nSPS) is 10.7. The third-order valence-electron chi connectivity index (χ3n) is 2.81. The van der Waals surface area contributed by atoms with Crippen LogP contribution in [0, 0.1) is 0 Å². The summed E-state index contributed by atoms with van der Waals surface area (Å²) < 4.78 is 30.3. The predicted molar refractivity (Wildman–Crippen MR) is 83.6 cm³/mol. The lowest BCUT2D eigenvalue weighted by Crippen LogP contribution is -2.03. The first kappa shape index (κ1) is 15.9. The topological polar surface area (TPSA) is 21.3 Å². The first-order chi connectivity index (χ1) is 10.1. The Hall–Kier alpha value is -1.46. The molecule has 0 atom stereocenters. The van der Waals surface area contributed by atoms with E-state index < -0.39 is 5.76 Å². The first-order valence-electron chi connectivity index (χ1n) is 6.20. The van der Waals surface area contributed by atoms with Crippen molar-refractivity contribution in [3.63, 3.8) is 0 Å². The summed E-state index contributed by atoms with van der Waals surface area (Å²) in [5, 5.41) is 3.74. The average molecular weight is 330 g/mol. The first-order valence-corrected chi connectivity index (χ1v) is 7.46. The summed E-state index contributed by atoms with van der Waals surface area (Å²) >= 11 is 6.49. The molecule has 0 aliphatic carbocycles. The van der Waals surface area contributed by atoms with Crippen molar-refractivity contribution in [1.29, 1.82) is 0 Å². The van der Waals surface area contributed by atoms with Gasteiger partial charge in [0, 0.05) is 27.7 Å². The number of hydrogen-bond acceptors (Lipinski definition) is 3. The Morgan fingerprint density at radius 2 is 2.00 bits per heavy atom. The van der Waals surface area contributed by atoms with Gasteiger partial charge < -0.3 is 10.1 Å². The summed E-state index contributed by atoms with van der Waals surface area (Å²) in [6.45, 7) is 0.435. The van der Waals surface area contributed by atoms with E-state index in [1.807, 2.05) is 0 Å². The smallest absolute Gasteiger partial charge is 0.288 e. The van der Waals surface area contributed by atoms with Gasteiger partial charge in [-0.25, -0.2) is 0 Å². The number of benzene rings is 2. The van der Waals surface area contributed by atoms with Crippen molar-refractivity contribution in [2.75, 3.05) is 12.4 Å². The second-order valence-corrected chi connectivity index (χ2v) is 5.65. The fraction of sp³-hybridized carbons (Fsp3) is 0.200. The van der Waals surface area contributed by atoms with E-state index in [1.165, 1.54) is 0 Å². The van der Waals surface area contributed by atoms with Crippen molar-refractivity contribution in [2.24, 2.45) is 0 Å². The molecule has 0 saturated carbocycles. The number of thioether (sulfide) groups is 1. The standard InChI is InChI=1S/C15H14ClF2NOS/c1-20-13-7-6-11(16)8-10(13)9-19-12-4-2-3-5-14(12)21-15(17)18/h2-8,15,19H,9H2,1H3. The zero-order valence-corrected chi connectivity index (χ0v) is 12.8. The van der Waals surface area contributed by atoms with E-state index in [2.05, 4.69) is 5.32 Å². The predicted octanol–water partition coefficient (Wildman–Crippen LogP) is 5.28. The maximum atomic E-state index is 12.5. The Labute approximate surface area is 131 Å². The fourth-order valence-electron chi connectivity index (χ4n) is 1.89. The van der Waals surface area contributed by atoms with Gasteiger partial charge in [-0.1, -0.05) is 35.5 Å². The molecule has 2 nitrogen and oxygen atoms in total. The lowest BCUT2D eigenvalue weighted by atomic mass is 10.2. The molecule has 112 valence electrons. The van der Waals surface area contributed by atoms with Crippen LogP contribution in [0.1, 0.15) is 5.56 Å². The number of halogens is 3. The maximum Gasteiger partial charge on any atom is 0.288 e. The van der Waals surface area contributed by atoms with Gasteiger partial charge in [0.2, 0.25) is 0 Å². The van der Waals surface area contributed by atoms with Crippen LogP contribution in [0.2, 0.25) is 5.02 Å². The highest BCUT2D eigenvalue weighted by molar-refractivity contribution is 7.99. The Morgan fingerprint density at radius 3 is 2.71 bits per heavy atom. The van der Waals surface area contributed by atoms with Crippen LogP contribution in [0.5, 0.6) is 5.75 Å². The highest BCUT2D eigenvalue weighted by Crippen LogP contribution is 2.32. The number of anilines is 1. The summed E-state index contributed by atoms with van der Waals surface area (Å²) in [4.78, 5) is 0.508. The molecule has 0 amide bonds. The average Bonchev–Trinajstić information content (AvgIpc) is 2.46. The number of alkyl halides is 2. The summed E-state index contributed by atoms with van der Waals surface area (Å²) in [6.07, 6.45) is 0. The van der Waals surface area contributed by atoms with Crippen molar-refractivity contribution in [3.8, 4) is 5.75 Å². The summed E-state index contributed by atoms with van der Waals surface area (Å²) in [5.74, 6) is -1.75. The monoisotopic (exact) mass is 329 g/mol. The van der Waals surface area contributed by atoms with Gasteiger partial charge >= 0.3 is 0 Å². The molecule has 6 heteroatoms. The molecule has 2 aromatic carbocycles. The van der Waals surface area contributed by atoms with Crippen molar-refractivity contribution >= 4 is 29.1 Å². The Morgan fingerprint density at radius 1 is 1.24 bits per heavy atom. The van der Waals surface area contributed by atoms with Crippen LogP contribution in [-0.4, -0.2) is 12.9 Å². The molecule has 2 aromatic rings. The SMILES string of the molecule is COc1ccc(Cl)cc1CNc1ccccc1SC(F)F. The van der Waals surface area contributed by atoms with Crippen molar-refractivity contribution in [1.82, 2.24) is 0 Å². The second-order valence-electron chi connectivity index (χ2n) is 4.18. The zero-order valence-electron chi connectivity index (χ0n) is 11.3. The molecule has 0 unspecified atom stereocenters. The molecule has 0 bridgehead atoms. The van der Waals surface area contributed by atoms with E-state index in [1.54, 1.807) is 49.6 Å². The maximum absolute atomic E-state index is 12.5. The number of para-hydroxylation sites is 1. The molecule has 1 N–H and O–H groups in total. The third kappa shape index (κ3) is 4.51. The minimum absolute atomic E-state index is 0.435. The second kappa shape index (κ2) is 7.52. The number of ether oxygens (including phenoxy) is 1. The van der Waals surface area contributed by atoms with E-state index in [0.717, 1.165) is 5.56 Å². The molecule has 0 fully saturated rings. The molecule has 0 spiro atoms. The van der Waals surface area contributed by atoms with E-state index in [9.17, 15) is 8.78 Å². The third-order valence-corrected chi connectivity index (χ3v) is 3.84. The van der Waals surface area contributed by atoms with E-state index in [-0.39, 0.29) is 0 Å². The minimum Gasteiger partial charge on any atom is -0.496 e. The summed E-state index contributed by atoms with van der Waals surface area (Å²) in [7, 11) is 1.58. The van der Waals surface area contributed by atoms with Gasteiger partial charge in [-0.15, -0.1) is 0 Å². The van der Waals surface area contributed by atoms with Gasteiger partial charge in [0.25, 0.3) is 5.76 Å². The van der Waals surface area contributed by atoms with Gasteiger partial charge in [0.05, 0.1) is 7.11 Å². The van der Waals surface area contributed by atoms with E-state index in [4.69, 9.17) is 16.3 Å². The van der Waals surface area contributed by atoms with E-state index >= 15 is 0 Å². The van der Waals surface area contributed by atoms with Crippen LogP contribution in [0.3, 0.4) is 0 Å². The van der Waals surface area contributed by atoms with Gasteiger partial charge in [-0.05, 0) is 30.3 Å². The van der Waals surface area contributed by atoms with Crippen LogP contribution >= 0.6 is 23.4 Å². The Balaban J connectivity index is 2.15. The minimum atomic E-state index is -2.45. The van der Waals surface area contributed by atoms with Crippen molar-refractivity contribution in [2.45, 2.75) is 17.2 Å². The van der Waals surface area contributed by atoms with Crippen molar-refractivity contribution in [3.05, 3.63) is 53.1 Å². The lowest BCUT2D eigenvalue weighted by Gasteiger charge is -2.13. The Bertz CT molecular complexity index is 610. The molecular formula is C15H14ClF2NOS. The van der Waals surface area contributed by atoms with Gasteiger partial charge in [0.1, 0.15) is 5.75 Å². The molecule has 0 aromatic heterocycles. The highest BCUT2D eigenvalue weighted by Gasteiger charge is 2.10. The zero-order chi connectivity index (χ0) is 15.2. The van der Waals surface area contributed by atoms with Crippen LogP contribution in [0.15, 0.2) is 47.4 Å². The number of nitrogens with one attached hydrogen (secondary N) is 1. The van der Waals surface area contributed by atoms with Gasteiger partial charge in [-0.2, -0.15) is 8.78 Å². The largest absolute Gasteiger partial charge is 0.496 e. The number of hydrogen-bond donors (Lipinski definition) is 1. The highest BCUT2D eigenvalue weighted by atomic mass is 35.5. The molecule has 0 radical (unpaired) electrons. The molecule has 0 aliphatic rings. The molecule has 0 heterocycles. The van der Waals surface area contributed by atoms with Crippen molar-refractivity contribution < 1.29 is 13.5 Å². The van der Waals surface area contributed by atoms with Crippen LogP contribution < -0.4 is 10.1 Å². The van der Waals surface area contributed by atoms with Crippen LogP contribution in [0.4, 0.5) is 14.5 Å². The van der Waals surface area contributed by atoms with Crippen LogP contribution in [0.25, 0.3) is 0 Å². The van der Waals surface area contributed by atoms with Gasteiger partial charge in [-0.3, -0.25) is 0 Å². The van der Waals surface area contributed by atoms with E-state index in [0.29, 0.717) is 39.7 Å². The number of methoxy groups -OCH3 is 1. The van der Waals surface area contributed by atoms with Gasteiger partial charge in [0.15, 0.2) is 0 Å². The molecule has 0 saturated heterocycles. The molecule has 2 rings (SSSR count). The Kier molecular flexibility index (Phi) is 5.70. The molecule has 21 heavy (non-hydrogen) atoms. The van der Waals surface area contributed by atoms with Crippen LogP contribution in [-0.2, 0) is 6.54 Å². The number of rotatable bonds is 6. The summed E-state index contributed by atoms with van der Waals surface area (Å²) in [6, 6.07) is 12.3. The molecule has 0 aliphatic heterocycles. The quantitative estimate of drug-likeness (QED) is 0.729. The molecular weight excluding hydrogens is 316 g/mol. The summed E-state index contributed by atoms with van der Waals surface area (Å²) in [5.41, 5.74) is 1.52. The fourth-order valence-corrected chi connectivity index (χ4v) is 2.70. The lowest BCUT2D eigenvalue weighted by molar-refractivity contribution is 0.252.